The first kappa shape index (κ1) is 14.0. The third-order valence-electron chi connectivity index (χ3n) is 3.59. The second kappa shape index (κ2) is 5.71. The number of nitrogens with one attached hydrogen (secondary N) is 1. The highest BCUT2D eigenvalue weighted by molar-refractivity contribution is 5.49. The summed E-state index contributed by atoms with van der Waals surface area (Å²) in [5.74, 6) is 8.07. The number of nitrogens with zero attached hydrogens (tertiary/aromatic N) is 3. The van der Waals surface area contributed by atoms with Gasteiger partial charge in [0, 0.05) is 25.6 Å². The van der Waals surface area contributed by atoms with E-state index in [4.69, 9.17) is 10.6 Å². The number of rotatable bonds is 4. The topological polar surface area (TPSA) is 76.3 Å². The van der Waals surface area contributed by atoms with Crippen LogP contribution in [-0.2, 0) is 4.74 Å². The van der Waals surface area contributed by atoms with Crippen molar-refractivity contribution in [3.8, 4) is 0 Å². The van der Waals surface area contributed by atoms with Gasteiger partial charge in [-0.2, -0.15) is 0 Å². The maximum atomic E-state index is 5.62. The summed E-state index contributed by atoms with van der Waals surface area (Å²) in [7, 11) is 2.04. The van der Waals surface area contributed by atoms with Crippen LogP contribution >= 0.6 is 0 Å². The van der Waals surface area contributed by atoms with Gasteiger partial charge in [0.1, 0.15) is 17.5 Å². The number of nitrogen functional groups attached to an aromatic ring is 1. The van der Waals surface area contributed by atoms with Crippen molar-refractivity contribution >= 4 is 11.6 Å². The van der Waals surface area contributed by atoms with Gasteiger partial charge in [-0.05, 0) is 13.3 Å². The molecule has 0 saturated carbocycles. The molecule has 19 heavy (non-hydrogen) atoms. The monoisotopic (exact) mass is 265 g/mol. The number of anilines is 2. The Kier molecular flexibility index (Phi) is 4.21. The number of hydrogen-bond donors (Lipinski definition) is 2. The van der Waals surface area contributed by atoms with Crippen molar-refractivity contribution < 1.29 is 4.74 Å². The molecule has 2 rings (SSSR count). The van der Waals surface area contributed by atoms with Crippen LogP contribution in [-0.4, -0.2) is 35.8 Å². The molecule has 6 nitrogen and oxygen atoms in total. The van der Waals surface area contributed by atoms with Crippen molar-refractivity contribution in [3.05, 3.63) is 11.9 Å². The average Bonchev–Trinajstić information content (AvgIpc) is 2.83. The van der Waals surface area contributed by atoms with Gasteiger partial charge >= 0.3 is 0 Å². The van der Waals surface area contributed by atoms with E-state index < -0.39 is 0 Å². The molecule has 0 radical (unpaired) electrons. The number of nitrogens with two attached hydrogens (primary N) is 1. The minimum absolute atomic E-state index is 0.219. The quantitative estimate of drug-likeness (QED) is 0.634. The molecule has 2 heterocycles. The van der Waals surface area contributed by atoms with E-state index >= 15 is 0 Å². The van der Waals surface area contributed by atoms with Crippen LogP contribution < -0.4 is 16.2 Å². The molecule has 0 aliphatic carbocycles. The van der Waals surface area contributed by atoms with Crippen LogP contribution in [0.25, 0.3) is 0 Å². The number of hydrogen-bond acceptors (Lipinski definition) is 6. The molecule has 6 heteroatoms. The molecule has 106 valence electrons. The fourth-order valence-electron chi connectivity index (χ4n) is 2.36. The summed E-state index contributed by atoms with van der Waals surface area (Å²) in [6, 6.07) is 2.22. The van der Waals surface area contributed by atoms with Crippen molar-refractivity contribution in [1.82, 2.24) is 9.97 Å². The Hall–Kier alpha value is -1.40. The maximum Gasteiger partial charge on any atom is 0.145 e. The lowest BCUT2D eigenvalue weighted by Crippen LogP contribution is -2.37. The normalized spacial score (nSPS) is 22.8. The van der Waals surface area contributed by atoms with E-state index in [1.807, 2.05) is 13.1 Å². The number of likely N-dealkylation sites (N-methyl/N-ethyl adjacent to an activating group) is 1. The SMILES string of the molecule is CC(C)c1nc(NN)cc(N(C)C2CCOC2C)n1. The lowest BCUT2D eigenvalue weighted by molar-refractivity contribution is 0.118. The van der Waals surface area contributed by atoms with Crippen molar-refractivity contribution in [3.63, 3.8) is 0 Å². The number of aromatic nitrogens is 2. The molecule has 1 aliphatic heterocycles. The lowest BCUT2D eigenvalue weighted by Gasteiger charge is -2.28. The number of hydrazine groups is 1. The van der Waals surface area contributed by atoms with Gasteiger partial charge in [-0.3, -0.25) is 0 Å². The van der Waals surface area contributed by atoms with E-state index in [2.05, 4.69) is 41.1 Å². The van der Waals surface area contributed by atoms with E-state index in [9.17, 15) is 0 Å². The highest BCUT2D eigenvalue weighted by atomic mass is 16.5. The minimum atomic E-state index is 0.219. The predicted octanol–water partition coefficient (Wildman–Crippen LogP) is 1.50. The van der Waals surface area contributed by atoms with Gasteiger partial charge in [-0.25, -0.2) is 15.8 Å². The van der Waals surface area contributed by atoms with E-state index in [1.165, 1.54) is 0 Å². The third kappa shape index (κ3) is 2.96. The predicted molar refractivity (Wildman–Crippen MR) is 76.2 cm³/mol. The van der Waals surface area contributed by atoms with Crippen LogP contribution in [0, 0.1) is 0 Å². The Morgan fingerprint density at radius 2 is 2.21 bits per heavy atom. The second-order valence-corrected chi connectivity index (χ2v) is 5.31. The van der Waals surface area contributed by atoms with Crippen molar-refractivity contribution in [2.75, 3.05) is 24.0 Å². The van der Waals surface area contributed by atoms with Crippen LogP contribution in [0.1, 0.15) is 38.9 Å². The molecule has 0 aromatic carbocycles. The van der Waals surface area contributed by atoms with E-state index in [0.717, 1.165) is 24.7 Å². The Morgan fingerprint density at radius 3 is 2.74 bits per heavy atom. The fraction of sp³-hybridized carbons (Fsp3) is 0.692. The molecule has 2 unspecified atom stereocenters. The molecule has 1 aromatic rings. The summed E-state index contributed by atoms with van der Waals surface area (Å²) in [4.78, 5) is 11.2. The Morgan fingerprint density at radius 1 is 1.47 bits per heavy atom. The summed E-state index contributed by atoms with van der Waals surface area (Å²) >= 11 is 0. The van der Waals surface area contributed by atoms with E-state index in [1.54, 1.807) is 0 Å². The zero-order valence-electron chi connectivity index (χ0n) is 12.1. The fourth-order valence-corrected chi connectivity index (χ4v) is 2.36. The first-order valence-corrected chi connectivity index (χ1v) is 6.73. The molecule has 1 saturated heterocycles. The van der Waals surface area contributed by atoms with Crippen LogP contribution in [0.4, 0.5) is 11.6 Å². The van der Waals surface area contributed by atoms with E-state index in [0.29, 0.717) is 11.9 Å². The third-order valence-corrected chi connectivity index (χ3v) is 3.59. The summed E-state index contributed by atoms with van der Waals surface area (Å²) < 4.78 is 5.62. The standard InChI is InChI=1S/C13H23N5O/c1-8(2)13-15-11(17-14)7-12(16-13)18(4)10-5-6-19-9(10)3/h7-10H,5-6,14H2,1-4H3,(H,15,16,17). The van der Waals surface area contributed by atoms with Gasteiger partial charge in [0.25, 0.3) is 0 Å². The molecule has 1 fully saturated rings. The van der Waals surface area contributed by atoms with Crippen LogP contribution in [0.5, 0.6) is 0 Å². The molecule has 0 amide bonds. The van der Waals surface area contributed by atoms with Crippen molar-refractivity contribution in [1.29, 1.82) is 0 Å². The molecule has 1 aliphatic rings. The van der Waals surface area contributed by atoms with Gasteiger partial charge in [0.2, 0.25) is 0 Å². The molecular weight excluding hydrogens is 242 g/mol. The van der Waals surface area contributed by atoms with Crippen molar-refractivity contribution in [2.24, 2.45) is 5.84 Å². The molecule has 0 spiro atoms. The van der Waals surface area contributed by atoms with Gasteiger partial charge in [-0.15, -0.1) is 0 Å². The lowest BCUT2D eigenvalue weighted by atomic mass is 10.1. The summed E-state index contributed by atoms with van der Waals surface area (Å²) in [6.07, 6.45) is 1.24. The van der Waals surface area contributed by atoms with Crippen LogP contribution in [0.15, 0.2) is 6.07 Å². The largest absolute Gasteiger partial charge is 0.376 e. The van der Waals surface area contributed by atoms with Gasteiger partial charge < -0.3 is 15.1 Å². The Labute approximate surface area is 114 Å². The first-order valence-electron chi connectivity index (χ1n) is 6.73. The molecule has 0 bridgehead atoms. The van der Waals surface area contributed by atoms with Crippen LogP contribution in [0.2, 0.25) is 0 Å². The van der Waals surface area contributed by atoms with Gasteiger partial charge in [-0.1, -0.05) is 13.8 Å². The summed E-state index contributed by atoms with van der Waals surface area (Å²) in [5, 5.41) is 0. The average molecular weight is 265 g/mol. The highest BCUT2D eigenvalue weighted by Crippen LogP contribution is 2.25. The van der Waals surface area contributed by atoms with Crippen molar-refractivity contribution in [2.45, 2.75) is 45.3 Å². The highest BCUT2D eigenvalue weighted by Gasteiger charge is 2.29. The second-order valence-electron chi connectivity index (χ2n) is 5.31. The van der Waals surface area contributed by atoms with Crippen LogP contribution in [0.3, 0.4) is 0 Å². The first-order chi connectivity index (χ1) is 9.02. The summed E-state index contributed by atoms with van der Waals surface area (Å²) in [6.45, 7) is 7.04. The Bertz CT molecular complexity index is 437. The zero-order chi connectivity index (χ0) is 14.0. The molecule has 3 N–H and O–H groups in total. The maximum absolute atomic E-state index is 5.62. The van der Waals surface area contributed by atoms with Gasteiger partial charge in [0.05, 0.1) is 12.1 Å². The zero-order valence-corrected chi connectivity index (χ0v) is 12.1. The summed E-state index contributed by atoms with van der Waals surface area (Å²) in [5.41, 5.74) is 2.61. The Balaban J connectivity index is 2.29. The van der Waals surface area contributed by atoms with Gasteiger partial charge in [0.15, 0.2) is 0 Å². The minimum Gasteiger partial charge on any atom is -0.376 e. The molecule has 2 atom stereocenters. The molecule has 1 aromatic heterocycles. The molecular formula is C13H23N5O. The number of ether oxygens (including phenoxy) is 1. The van der Waals surface area contributed by atoms with E-state index in [-0.39, 0.29) is 12.0 Å². The smallest absolute Gasteiger partial charge is 0.145 e.